The molecule has 0 aliphatic carbocycles. The molecule has 47 heavy (non-hydrogen) atoms. The maximum atomic E-state index is 13.3. The third kappa shape index (κ3) is 16.0. The lowest BCUT2D eigenvalue weighted by Gasteiger charge is -2.28. The molecule has 0 saturated heterocycles. The van der Waals surface area contributed by atoms with Crippen molar-refractivity contribution in [3.8, 4) is 0 Å². The van der Waals surface area contributed by atoms with Crippen molar-refractivity contribution in [2.75, 3.05) is 6.61 Å². The third-order valence-corrected chi connectivity index (χ3v) is 7.37. The second-order valence-corrected chi connectivity index (χ2v) is 12.6. The highest BCUT2D eigenvalue weighted by Gasteiger charge is 2.34. The van der Waals surface area contributed by atoms with Gasteiger partial charge in [0.25, 0.3) is 0 Å². The Morgan fingerprint density at radius 3 is 1.45 bits per heavy atom. The van der Waals surface area contributed by atoms with Crippen molar-refractivity contribution in [2.45, 2.75) is 123 Å². The monoisotopic (exact) mass is 674 g/mol. The maximum Gasteiger partial charge on any atom is 0.326 e. The van der Waals surface area contributed by atoms with Gasteiger partial charge in [0.1, 0.15) is 36.3 Å². The van der Waals surface area contributed by atoms with Crippen molar-refractivity contribution in [1.29, 1.82) is 0 Å². The van der Waals surface area contributed by atoms with Gasteiger partial charge in [0.05, 0.1) is 12.7 Å². The average molecular weight is 675 g/mol. The van der Waals surface area contributed by atoms with E-state index in [0.717, 1.165) is 0 Å². The molecule has 17 heteroatoms. The highest BCUT2D eigenvalue weighted by Crippen LogP contribution is 2.12. The lowest BCUT2D eigenvalue weighted by molar-refractivity contribution is -0.144. The molecule has 11 N–H and O–H groups in total. The zero-order valence-electron chi connectivity index (χ0n) is 28.2. The number of nitrogens with one attached hydrogen (secondary N) is 5. The topological polar surface area (TPSA) is 287 Å². The number of aliphatic carboxylic acids is 2. The number of amides is 5. The van der Waals surface area contributed by atoms with Crippen LogP contribution in [0.15, 0.2) is 0 Å². The molecule has 0 radical (unpaired) electrons. The van der Waals surface area contributed by atoms with Crippen LogP contribution < -0.4 is 32.3 Å². The number of carbonyl (C=O) groups is 7. The first-order valence-corrected chi connectivity index (χ1v) is 15.8. The zero-order chi connectivity index (χ0) is 36.6. The Morgan fingerprint density at radius 2 is 1.04 bits per heavy atom. The molecule has 0 aliphatic heterocycles. The zero-order valence-corrected chi connectivity index (χ0v) is 28.2. The van der Waals surface area contributed by atoms with E-state index >= 15 is 0 Å². The van der Waals surface area contributed by atoms with Gasteiger partial charge in [-0.15, -0.1) is 0 Å². The molecule has 17 nitrogen and oxygen atoms in total. The normalized spacial score (nSPS) is 16.4. The molecule has 0 aromatic heterocycles. The summed E-state index contributed by atoms with van der Waals surface area (Å²) >= 11 is 0. The predicted octanol–water partition coefficient (Wildman–Crippen LogP) is -1.80. The molecule has 0 fully saturated rings. The first-order chi connectivity index (χ1) is 21.7. The molecular formula is C30H54N6O11. The lowest BCUT2D eigenvalue weighted by Crippen LogP contribution is -2.60. The number of aliphatic hydroxyl groups excluding tert-OH is 2. The van der Waals surface area contributed by atoms with E-state index in [-0.39, 0.29) is 24.7 Å². The van der Waals surface area contributed by atoms with Crippen molar-refractivity contribution < 1.29 is 54.0 Å². The number of carbonyl (C=O) groups excluding carboxylic acids is 5. The van der Waals surface area contributed by atoms with Gasteiger partial charge in [0, 0.05) is 6.42 Å². The summed E-state index contributed by atoms with van der Waals surface area (Å²) in [5.74, 6) is -7.71. The molecule has 8 unspecified atom stereocenters. The average Bonchev–Trinajstić information content (AvgIpc) is 2.97. The van der Waals surface area contributed by atoms with Crippen molar-refractivity contribution in [2.24, 2.45) is 23.5 Å². The highest BCUT2D eigenvalue weighted by molar-refractivity contribution is 5.96. The van der Waals surface area contributed by atoms with Crippen LogP contribution in [0.5, 0.6) is 0 Å². The smallest absolute Gasteiger partial charge is 0.326 e. The van der Waals surface area contributed by atoms with Gasteiger partial charge in [-0.3, -0.25) is 28.8 Å². The summed E-state index contributed by atoms with van der Waals surface area (Å²) in [6.07, 6.45) is -1.57. The van der Waals surface area contributed by atoms with Crippen LogP contribution in [0.4, 0.5) is 0 Å². The fourth-order valence-corrected chi connectivity index (χ4v) is 4.38. The highest BCUT2D eigenvalue weighted by atomic mass is 16.4. The van der Waals surface area contributed by atoms with Gasteiger partial charge < -0.3 is 52.7 Å². The minimum atomic E-state index is -1.64. The molecule has 8 atom stereocenters. The quantitative estimate of drug-likeness (QED) is 0.0609. The van der Waals surface area contributed by atoms with E-state index in [4.69, 9.17) is 5.73 Å². The molecule has 0 heterocycles. The number of carboxylic acids is 2. The molecule has 0 saturated carbocycles. The summed E-state index contributed by atoms with van der Waals surface area (Å²) in [5, 5.41) is 50.3. The second kappa shape index (κ2) is 21.1. The van der Waals surface area contributed by atoms with Crippen LogP contribution >= 0.6 is 0 Å². The van der Waals surface area contributed by atoms with Crippen molar-refractivity contribution in [1.82, 2.24) is 26.6 Å². The molecule has 0 rings (SSSR count). The number of hydrogen-bond acceptors (Lipinski definition) is 10. The van der Waals surface area contributed by atoms with Crippen LogP contribution in [-0.4, -0.2) is 111 Å². The Hall–Kier alpha value is -3.83. The van der Waals surface area contributed by atoms with E-state index in [1.807, 2.05) is 0 Å². The van der Waals surface area contributed by atoms with Gasteiger partial charge in [0.15, 0.2) is 0 Å². The van der Waals surface area contributed by atoms with Gasteiger partial charge in [-0.2, -0.15) is 0 Å². The van der Waals surface area contributed by atoms with Gasteiger partial charge in [-0.25, -0.2) is 4.79 Å². The van der Waals surface area contributed by atoms with E-state index in [1.54, 1.807) is 41.5 Å². The molecule has 0 aromatic carbocycles. The lowest BCUT2D eigenvalue weighted by atomic mass is 9.97. The van der Waals surface area contributed by atoms with Gasteiger partial charge in [-0.1, -0.05) is 48.0 Å². The number of rotatable bonds is 22. The first-order valence-electron chi connectivity index (χ1n) is 15.8. The van der Waals surface area contributed by atoms with Gasteiger partial charge in [-0.05, 0) is 43.9 Å². The van der Waals surface area contributed by atoms with Gasteiger partial charge >= 0.3 is 11.9 Å². The van der Waals surface area contributed by atoms with E-state index < -0.39 is 109 Å². The SMILES string of the molecule is CCC(C)C(NC(=O)C(CC(C)C)NC(=O)C(CO)NC(=O)C(CCC(=O)O)NC(=O)C(CC(C)C)NC(=O)C(N)C(C)O)C(=O)O. The molecule has 5 amide bonds. The minimum absolute atomic E-state index is 0.0927. The number of aliphatic hydroxyl groups is 2. The largest absolute Gasteiger partial charge is 0.481 e. The van der Waals surface area contributed by atoms with Crippen LogP contribution in [-0.2, 0) is 33.6 Å². The van der Waals surface area contributed by atoms with Crippen molar-refractivity contribution in [3.63, 3.8) is 0 Å². The van der Waals surface area contributed by atoms with Crippen molar-refractivity contribution in [3.05, 3.63) is 0 Å². The van der Waals surface area contributed by atoms with E-state index in [9.17, 15) is 54.0 Å². The number of carboxylic acid groups (broad SMARTS) is 2. The fraction of sp³-hybridized carbons (Fsp3) is 0.767. The van der Waals surface area contributed by atoms with Crippen LogP contribution in [0.2, 0.25) is 0 Å². The van der Waals surface area contributed by atoms with Crippen molar-refractivity contribution >= 4 is 41.5 Å². The third-order valence-electron chi connectivity index (χ3n) is 7.37. The Morgan fingerprint density at radius 1 is 0.638 bits per heavy atom. The van der Waals surface area contributed by atoms with Crippen LogP contribution in [0.3, 0.4) is 0 Å². The first kappa shape index (κ1) is 43.2. The Bertz CT molecular complexity index is 1080. The van der Waals surface area contributed by atoms with E-state index in [0.29, 0.717) is 6.42 Å². The molecule has 0 aliphatic rings. The summed E-state index contributed by atoms with van der Waals surface area (Å²) in [4.78, 5) is 88.2. The minimum Gasteiger partial charge on any atom is -0.481 e. The molecule has 270 valence electrons. The second-order valence-electron chi connectivity index (χ2n) is 12.6. The number of nitrogens with two attached hydrogens (primary N) is 1. The summed E-state index contributed by atoms with van der Waals surface area (Å²) in [6, 6.07) is -8.19. The maximum absolute atomic E-state index is 13.3. The summed E-state index contributed by atoms with van der Waals surface area (Å²) in [6.45, 7) is 10.8. The molecule has 0 bridgehead atoms. The Kier molecular flexibility index (Phi) is 19.4. The molecule has 0 aromatic rings. The Labute approximate surface area is 275 Å². The van der Waals surface area contributed by atoms with Crippen LogP contribution in [0.25, 0.3) is 0 Å². The summed E-state index contributed by atoms with van der Waals surface area (Å²) in [5.41, 5.74) is 5.67. The number of hydrogen-bond donors (Lipinski definition) is 10. The Balaban J connectivity index is 5.99. The van der Waals surface area contributed by atoms with Gasteiger partial charge in [0.2, 0.25) is 29.5 Å². The fourth-order valence-electron chi connectivity index (χ4n) is 4.38. The van der Waals surface area contributed by atoms with Crippen LogP contribution in [0, 0.1) is 17.8 Å². The molecule has 0 spiro atoms. The van der Waals surface area contributed by atoms with E-state index in [1.165, 1.54) is 6.92 Å². The summed E-state index contributed by atoms with van der Waals surface area (Å²) < 4.78 is 0. The van der Waals surface area contributed by atoms with E-state index in [2.05, 4.69) is 26.6 Å². The van der Waals surface area contributed by atoms with Crippen LogP contribution in [0.1, 0.15) is 80.6 Å². The molecular weight excluding hydrogens is 620 g/mol. The summed E-state index contributed by atoms with van der Waals surface area (Å²) in [7, 11) is 0. The predicted molar refractivity (Wildman–Crippen MR) is 169 cm³/mol. The standard InChI is InChI=1S/C30H54N6O11/c1-8-16(6)24(30(46)47)36-27(43)20(12-15(4)5)33-28(44)21(13-37)35-25(41)18(9-10-22(39)40)32-26(42)19(11-14(2)3)34-29(45)23(31)17(7)38/h14-21,23-24,37-38H,8-13,31H2,1-7H3,(H,32,42)(H,33,44)(H,34,45)(H,35,41)(H,36,43)(H,39,40)(H,46,47).